The Balaban J connectivity index is 1.22. The lowest BCUT2D eigenvalue weighted by atomic mass is 9.76. The van der Waals surface area contributed by atoms with E-state index in [1.165, 1.54) is 22.9 Å². The van der Waals surface area contributed by atoms with Gasteiger partial charge < -0.3 is 9.64 Å². The van der Waals surface area contributed by atoms with E-state index < -0.39 is 17.8 Å². The van der Waals surface area contributed by atoms with Crippen LogP contribution in [0, 0.1) is 6.92 Å². The summed E-state index contributed by atoms with van der Waals surface area (Å²) in [6, 6.07) is 37.5. The van der Waals surface area contributed by atoms with Gasteiger partial charge in [-0.3, -0.25) is 14.9 Å². The fraction of sp³-hybridized carbons (Fsp3) is 0.186. The second-order valence-electron chi connectivity index (χ2n) is 13.4. The smallest absolute Gasteiger partial charge is 0.335 e. The molecule has 5 aromatic rings. The maximum absolute atomic E-state index is 14.4. The van der Waals surface area contributed by atoms with E-state index in [9.17, 15) is 14.4 Å². The van der Waals surface area contributed by atoms with Crippen molar-refractivity contribution in [2.75, 3.05) is 22.9 Å². The Hall–Kier alpha value is -5.47. The molecule has 5 aromatic carbocycles. The van der Waals surface area contributed by atoms with Crippen molar-refractivity contribution in [2.24, 2.45) is 0 Å². The van der Waals surface area contributed by atoms with E-state index in [1.807, 2.05) is 55.5 Å². The zero-order chi connectivity index (χ0) is 35.1. The molecule has 1 saturated heterocycles. The molecule has 1 fully saturated rings. The molecule has 2 atom stereocenters. The van der Waals surface area contributed by atoms with Gasteiger partial charge in [-0.05, 0) is 84.0 Å². The molecule has 3 heterocycles. The van der Waals surface area contributed by atoms with Gasteiger partial charge in [-0.2, -0.15) is 0 Å². The summed E-state index contributed by atoms with van der Waals surface area (Å²) in [6.45, 7) is 4.18. The molecule has 7 nitrogen and oxygen atoms in total. The van der Waals surface area contributed by atoms with Gasteiger partial charge in [0.15, 0.2) is 0 Å². The summed E-state index contributed by atoms with van der Waals surface area (Å²) in [7, 11) is 0. The number of anilines is 2. The SMILES string of the molecule is Cc1cccc(COc2ccc(Br)cc2/C=C2\C(=O)NC(=O)N(c3cc4c5c(c3)[C@H](c3ccccc3)CCN5CC[C@H]4c3ccccc3)C2=O)c1. The maximum Gasteiger partial charge on any atom is 0.335 e. The maximum atomic E-state index is 14.4. The molecular formula is C43H36BrN3O4. The summed E-state index contributed by atoms with van der Waals surface area (Å²) in [5.41, 5.74) is 8.68. The lowest BCUT2D eigenvalue weighted by Gasteiger charge is -2.44. The van der Waals surface area contributed by atoms with Crippen molar-refractivity contribution in [2.45, 2.75) is 38.2 Å². The number of carbonyl (C=O) groups is 3. The first-order valence-electron chi connectivity index (χ1n) is 17.3. The molecule has 0 bridgehead atoms. The van der Waals surface area contributed by atoms with Crippen LogP contribution in [0.2, 0.25) is 0 Å². The van der Waals surface area contributed by atoms with Gasteiger partial charge in [0.2, 0.25) is 0 Å². The van der Waals surface area contributed by atoms with Gasteiger partial charge in [0, 0.05) is 40.6 Å². The number of carbonyl (C=O) groups excluding carboxylic acids is 3. The molecule has 0 aliphatic carbocycles. The normalized spacial score (nSPS) is 19.2. The van der Waals surface area contributed by atoms with Crippen LogP contribution in [0.3, 0.4) is 0 Å². The Morgan fingerprint density at radius 3 is 2.06 bits per heavy atom. The second kappa shape index (κ2) is 13.7. The number of halogens is 1. The topological polar surface area (TPSA) is 79.0 Å². The predicted octanol–water partition coefficient (Wildman–Crippen LogP) is 8.88. The molecule has 8 heteroatoms. The molecule has 1 N–H and O–H groups in total. The molecule has 254 valence electrons. The van der Waals surface area contributed by atoms with Gasteiger partial charge in [0.1, 0.15) is 17.9 Å². The van der Waals surface area contributed by atoms with Crippen LogP contribution < -0.4 is 19.9 Å². The number of nitrogens with one attached hydrogen (secondary N) is 1. The Kier molecular flexibility index (Phi) is 8.78. The van der Waals surface area contributed by atoms with Crippen molar-refractivity contribution < 1.29 is 19.1 Å². The predicted molar refractivity (Wildman–Crippen MR) is 203 cm³/mol. The first-order chi connectivity index (χ1) is 24.8. The van der Waals surface area contributed by atoms with Crippen molar-refractivity contribution in [3.63, 3.8) is 0 Å². The number of ether oxygens (including phenoxy) is 1. The molecule has 8 rings (SSSR count). The highest BCUT2D eigenvalue weighted by Crippen LogP contribution is 2.50. The van der Waals surface area contributed by atoms with E-state index in [0.29, 0.717) is 23.6 Å². The van der Waals surface area contributed by atoms with E-state index in [1.54, 1.807) is 12.1 Å². The fourth-order valence-electron chi connectivity index (χ4n) is 7.74. The molecule has 4 amide bonds. The number of amides is 4. The van der Waals surface area contributed by atoms with Crippen molar-refractivity contribution in [1.82, 2.24) is 5.32 Å². The van der Waals surface area contributed by atoms with E-state index in [-0.39, 0.29) is 17.4 Å². The third-order valence-corrected chi connectivity index (χ3v) is 10.6. The van der Waals surface area contributed by atoms with Crippen molar-refractivity contribution in [1.29, 1.82) is 0 Å². The van der Waals surface area contributed by atoms with Crippen LogP contribution in [-0.2, 0) is 16.2 Å². The zero-order valence-electron chi connectivity index (χ0n) is 28.1. The third-order valence-electron chi connectivity index (χ3n) is 10.1. The second-order valence-corrected chi connectivity index (χ2v) is 14.3. The summed E-state index contributed by atoms with van der Waals surface area (Å²) < 4.78 is 6.96. The summed E-state index contributed by atoms with van der Waals surface area (Å²) in [4.78, 5) is 45.1. The minimum atomic E-state index is -0.768. The van der Waals surface area contributed by atoms with Crippen LogP contribution in [0.4, 0.5) is 16.2 Å². The van der Waals surface area contributed by atoms with Gasteiger partial charge in [-0.15, -0.1) is 0 Å². The Morgan fingerprint density at radius 2 is 1.43 bits per heavy atom. The number of rotatable bonds is 7. The molecule has 0 aromatic heterocycles. The molecule has 0 radical (unpaired) electrons. The molecule has 51 heavy (non-hydrogen) atoms. The van der Waals surface area contributed by atoms with Crippen LogP contribution in [0.1, 0.15) is 63.6 Å². The third kappa shape index (κ3) is 6.36. The number of aryl methyl sites for hydroxylation is 1. The molecule has 3 aliphatic rings. The van der Waals surface area contributed by atoms with E-state index >= 15 is 0 Å². The number of hydrogen-bond acceptors (Lipinski definition) is 5. The van der Waals surface area contributed by atoms with Crippen LogP contribution >= 0.6 is 15.9 Å². The fourth-order valence-corrected chi connectivity index (χ4v) is 8.12. The van der Waals surface area contributed by atoms with E-state index in [0.717, 1.165) is 57.6 Å². The highest BCUT2D eigenvalue weighted by Gasteiger charge is 2.40. The molecule has 3 aliphatic heterocycles. The summed E-state index contributed by atoms with van der Waals surface area (Å²) in [5.74, 6) is -0.761. The van der Waals surface area contributed by atoms with Gasteiger partial charge in [0.05, 0.1) is 5.69 Å². The first kappa shape index (κ1) is 32.7. The van der Waals surface area contributed by atoms with Crippen molar-refractivity contribution >= 4 is 51.2 Å². The van der Waals surface area contributed by atoms with Gasteiger partial charge in [-0.1, -0.05) is 106 Å². The lowest BCUT2D eigenvalue weighted by Crippen LogP contribution is -2.54. The molecule has 0 spiro atoms. The molecule has 0 saturated carbocycles. The Morgan fingerprint density at radius 1 is 0.784 bits per heavy atom. The van der Waals surface area contributed by atoms with Crippen molar-refractivity contribution in [3.05, 3.63) is 164 Å². The van der Waals surface area contributed by atoms with E-state index in [2.05, 4.69) is 80.7 Å². The van der Waals surface area contributed by atoms with Crippen LogP contribution in [-0.4, -0.2) is 30.9 Å². The quantitative estimate of drug-likeness (QED) is 0.133. The monoisotopic (exact) mass is 737 g/mol. The number of barbiturate groups is 1. The van der Waals surface area contributed by atoms with Crippen LogP contribution in [0.5, 0.6) is 5.75 Å². The minimum absolute atomic E-state index is 0.0834. The summed E-state index contributed by atoms with van der Waals surface area (Å²) in [6.07, 6.45) is 3.33. The van der Waals surface area contributed by atoms with Gasteiger partial charge in [0.25, 0.3) is 11.8 Å². The number of nitrogens with zero attached hydrogens (tertiary/aromatic N) is 2. The first-order valence-corrected chi connectivity index (χ1v) is 18.1. The molecular weight excluding hydrogens is 702 g/mol. The summed E-state index contributed by atoms with van der Waals surface area (Å²) >= 11 is 3.53. The van der Waals surface area contributed by atoms with E-state index in [4.69, 9.17) is 4.74 Å². The average Bonchev–Trinajstić information content (AvgIpc) is 3.14. The standard InChI is InChI=1S/C43H36BrN3O4/c1-27-9-8-10-28(21-27)26-51-39-16-15-32(44)22-31(39)23-38-41(48)45-43(50)47(42(38)49)33-24-36-34(29-11-4-2-5-12-29)17-19-46-20-18-35(37(25-33)40(36)46)30-13-6-3-7-14-30/h2-16,21-25,34-35H,17-20,26H2,1H3,(H,45,48,50)/b38-23+/t34-,35-/m0/s1. The average molecular weight is 739 g/mol. The number of hydrogen-bond donors (Lipinski definition) is 1. The number of urea groups is 1. The minimum Gasteiger partial charge on any atom is -0.488 e. The zero-order valence-corrected chi connectivity index (χ0v) is 29.7. The van der Waals surface area contributed by atoms with Gasteiger partial charge in [-0.25, -0.2) is 9.69 Å². The number of imide groups is 2. The number of benzene rings is 5. The van der Waals surface area contributed by atoms with Crippen LogP contribution in [0.25, 0.3) is 6.08 Å². The van der Waals surface area contributed by atoms with Crippen LogP contribution in [0.15, 0.2) is 125 Å². The Labute approximate surface area is 305 Å². The lowest BCUT2D eigenvalue weighted by molar-refractivity contribution is -0.122. The summed E-state index contributed by atoms with van der Waals surface area (Å²) in [5, 5.41) is 2.45. The highest BCUT2D eigenvalue weighted by molar-refractivity contribution is 9.10. The Bertz CT molecular complexity index is 2130. The van der Waals surface area contributed by atoms with Gasteiger partial charge >= 0.3 is 6.03 Å². The highest BCUT2D eigenvalue weighted by atomic mass is 79.9. The van der Waals surface area contributed by atoms with Crippen molar-refractivity contribution in [3.8, 4) is 5.75 Å². The molecule has 0 unspecified atom stereocenters. The largest absolute Gasteiger partial charge is 0.488 e.